The maximum atomic E-state index is 12.9. The Morgan fingerprint density at radius 2 is 1.67 bits per heavy atom. The molecule has 8 heteroatoms. The second kappa shape index (κ2) is 6.88. The van der Waals surface area contributed by atoms with Crippen molar-refractivity contribution in [1.29, 1.82) is 0 Å². The summed E-state index contributed by atoms with van der Waals surface area (Å²) in [6.45, 7) is 0. The quantitative estimate of drug-likeness (QED) is 0.643. The first-order valence-corrected chi connectivity index (χ1v) is 9.86. The molecule has 0 unspecified atom stereocenters. The molecule has 0 atom stereocenters. The van der Waals surface area contributed by atoms with Gasteiger partial charge in [-0.25, -0.2) is 13.2 Å². The number of aromatic nitrogens is 1. The zero-order valence-electron chi connectivity index (χ0n) is 15.0. The Labute approximate surface area is 156 Å². The monoisotopic (exact) mass is 386 g/mol. The minimum absolute atomic E-state index is 0.301. The summed E-state index contributed by atoms with van der Waals surface area (Å²) < 4.78 is 30.6. The van der Waals surface area contributed by atoms with Crippen molar-refractivity contribution < 1.29 is 22.7 Å². The Bertz CT molecular complexity index is 1130. The number of methoxy groups -OCH3 is 1. The van der Waals surface area contributed by atoms with Crippen LogP contribution in [0.25, 0.3) is 10.9 Å². The molecule has 1 heterocycles. The van der Waals surface area contributed by atoms with Gasteiger partial charge in [-0.05, 0) is 30.3 Å². The molecular formula is C19H18N2O5S. The van der Waals surface area contributed by atoms with Crippen molar-refractivity contribution in [2.24, 2.45) is 0 Å². The molecule has 3 aromatic rings. The van der Waals surface area contributed by atoms with Crippen LogP contribution < -0.4 is 4.31 Å². The minimum atomic E-state index is -3.39. The number of hydrogen-bond acceptors (Lipinski definition) is 5. The van der Waals surface area contributed by atoms with Gasteiger partial charge in [-0.3, -0.25) is 13.7 Å². The zero-order valence-corrected chi connectivity index (χ0v) is 15.9. The lowest BCUT2D eigenvalue weighted by atomic mass is 10.2. The fourth-order valence-electron chi connectivity index (χ4n) is 2.76. The molecule has 0 bridgehead atoms. The Morgan fingerprint density at radius 1 is 1.04 bits per heavy atom. The predicted molar refractivity (Wildman–Crippen MR) is 103 cm³/mol. The molecule has 0 aliphatic carbocycles. The molecule has 1 aromatic heterocycles. The Kier molecular flexibility index (Phi) is 4.75. The molecule has 0 amide bonds. The standard InChI is InChI=1S/C19H18N2O5S/c1-20(27(3,24)25)14-10-8-13(9-11-14)18(22)21-12-16(19(23)26-2)15-6-4-5-7-17(15)21/h4-12H,1-3H3. The van der Waals surface area contributed by atoms with Crippen molar-refractivity contribution in [1.82, 2.24) is 4.57 Å². The van der Waals surface area contributed by atoms with Crippen molar-refractivity contribution in [3.63, 3.8) is 0 Å². The fraction of sp³-hybridized carbons (Fsp3) is 0.158. The van der Waals surface area contributed by atoms with Crippen LogP contribution in [0.2, 0.25) is 0 Å². The zero-order chi connectivity index (χ0) is 19.8. The van der Waals surface area contributed by atoms with E-state index >= 15 is 0 Å². The number of carbonyl (C=O) groups excluding carboxylic acids is 2. The summed E-state index contributed by atoms with van der Waals surface area (Å²) in [5, 5.41) is 0.617. The van der Waals surface area contributed by atoms with E-state index in [1.54, 1.807) is 48.5 Å². The number of fused-ring (bicyclic) bond motifs is 1. The van der Waals surface area contributed by atoms with Gasteiger partial charge in [0.15, 0.2) is 0 Å². The number of sulfonamides is 1. The predicted octanol–water partition coefficient (Wildman–Crippen LogP) is 2.51. The van der Waals surface area contributed by atoms with Gasteiger partial charge in [0, 0.05) is 24.2 Å². The van der Waals surface area contributed by atoms with Crippen molar-refractivity contribution in [2.45, 2.75) is 0 Å². The molecule has 2 aromatic carbocycles. The van der Waals surface area contributed by atoms with Crippen molar-refractivity contribution in [2.75, 3.05) is 24.7 Å². The molecule has 0 spiro atoms. The van der Waals surface area contributed by atoms with E-state index in [9.17, 15) is 18.0 Å². The number of benzene rings is 2. The molecular weight excluding hydrogens is 368 g/mol. The summed E-state index contributed by atoms with van der Waals surface area (Å²) in [7, 11) is -0.664. The molecule has 0 radical (unpaired) electrons. The number of hydrogen-bond donors (Lipinski definition) is 0. The lowest BCUT2D eigenvalue weighted by Crippen LogP contribution is -2.24. The average molecular weight is 386 g/mol. The molecule has 27 heavy (non-hydrogen) atoms. The van der Waals surface area contributed by atoms with Gasteiger partial charge in [0.05, 0.1) is 30.1 Å². The van der Waals surface area contributed by atoms with Crippen molar-refractivity contribution in [3.05, 3.63) is 65.9 Å². The van der Waals surface area contributed by atoms with E-state index in [1.165, 1.54) is 24.9 Å². The third-order valence-corrected chi connectivity index (χ3v) is 5.52. The van der Waals surface area contributed by atoms with Crippen molar-refractivity contribution >= 4 is 38.5 Å². The first kappa shape index (κ1) is 18.7. The second-order valence-electron chi connectivity index (χ2n) is 6.00. The molecule has 3 rings (SSSR count). The van der Waals surface area contributed by atoms with Gasteiger partial charge in [-0.15, -0.1) is 0 Å². The summed E-state index contributed by atoms with van der Waals surface area (Å²) in [6.07, 6.45) is 2.56. The van der Waals surface area contributed by atoms with Crippen LogP contribution in [0.5, 0.6) is 0 Å². The van der Waals surface area contributed by atoms with Gasteiger partial charge in [0.25, 0.3) is 5.91 Å². The highest BCUT2D eigenvalue weighted by molar-refractivity contribution is 7.92. The minimum Gasteiger partial charge on any atom is -0.465 e. The molecule has 0 N–H and O–H groups in total. The number of esters is 1. The molecule has 0 saturated carbocycles. The summed E-state index contributed by atoms with van der Waals surface area (Å²) >= 11 is 0. The summed E-state index contributed by atoms with van der Waals surface area (Å²) in [6, 6.07) is 13.2. The maximum absolute atomic E-state index is 12.9. The summed E-state index contributed by atoms with van der Waals surface area (Å²) in [4.78, 5) is 24.9. The van der Waals surface area contributed by atoms with Crippen LogP contribution in [0.1, 0.15) is 20.7 Å². The van der Waals surface area contributed by atoms with Gasteiger partial charge < -0.3 is 4.74 Å². The van der Waals surface area contributed by atoms with Crippen LogP contribution in [0.4, 0.5) is 5.69 Å². The molecule has 0 aliphatic heterocycles. The number of nitrogens with zero attached hydrogens (tertiary/aromatic N) is 2. The average Bonchev–Trinajstić information content (AvgIpc) is 3.05. The van der Waals surface area contributed by atoms with E-state index in [-0.39, 0.29) is 5.91 Å². The number of anilines is 1. The van der Waals surface area contributed by atoms with E-state index < -0.39 is 16.0 Å². The van der Waals surface area contributed by atoms with Gasteiger partial charge in [-0.1, -0.05) is 18.2 Å². The van der Waals surface area contributed by atoms with Crippen LogP contribution in [-0.2, 0) is 14.8 Å². The Morgan fingerprint density at radius 3 is 2.26 bits per heavy atom. The molecule has 7 nitrogen and oxygen atoms in total. The number of rotatable bonds is 4. The SMILES string of the molecule is COC(=O)c1cn(C(=O)c2ccc(N(C)S(C)(=O)=O)cc2)c2ccccc12. The summed E-state index contributed by atoms with van der Waals surface area (Å²) in [5.74, 6) is -0.863. The maximum Gasteiger partial charge on any atom is 0.340 e. The normalized spacial score (nSPS) is 11.4. The smallest absolute Gasteiger partial charge is 0.340 e. The van der Waals surface area contributed by atoms with Crippen molar-refractivity contribution in [3.8, 4) is 0 Å². The Balaban J connectivity index is 2.03. The van der Waals surface area contributed by atoms with E-state index in [0.29, 0.717) is 27.7 Å². The number of carbonyl (C=O) groups is 2. The van der Waals surface area contributed by atoms with Crippen LogP contribution in [-0.4, -0.2) is 45.3 Å². The Hall–Kier alpha value is -3.13. The van der Waals surface area contributed by atoms with Gasteiger partial charge in [-0.2, -0.15) is 0 Å². The molecule has 0 fully saturated rings. The fourth-order valence-corrected chi connectivity index (χ4v) is 3.27. The molecule has 0 aliphatic rings. The third kappa shape index (κ3) is 3.43. The molecule has 140 valence electrons. The van der Waals surface area contributed by atoms with E-state index in [2.05, 4.69) is 0 Å². The van der Waals surface area contributed by atoms with E-state index in [0.717, 1.165) is 10.6 Å². The first-order chi connectivity index (χ1) is 12.7. The number of para-hydroxylation sites is 1. The van der Waals surface area contributed by atoms with Crippen LogP contribution in [0.3, 0.4) is 0 Å². The van der Waals surface area contributed by atoms with E-state index in [1.807, 2.05) is 0 Å². The van der Waals surface area contributed by atoms with E-state index in [4.69, 9.17) is 4.74 Å². The molecule has 0 saturated heterocycles. The highest BCUT2D eigenvalue weighted by atomic mass is 32.2. The van der Waals surface area contributed by atoms with Gasteiger partial charge >= 0.3 is 5.97 Å². The summed E-state index contributed by atoms with van der Waals surface area (Å²) in [5.41, 5.74) is 1.69. The first-order valence-electron chi connectivity index (χ1n) is 8.01. The lowest BCUT2D eigenvalue weighted by Gasteiger charge is -2.16. The van der Waals surface area contributed by atoms with Gasteiger partial charge in [0.2, 0.25) is 10.0 Å². The lowest BCUT2D eigenvalue weighted by molar-refractivity contribution is 0.0603. The third-order valence-electron chi connectivity index (χ3n) is 4.31. The second-order valence-corrected chi connectivity index (χ2v) is 8.02. The van der Waals surface area contributed by atoms with Crippen LogP contribution in [0.15, 0.2) is 54.7 Å². The van der Waals surface area contributed by atoms with Crippen LogP contribution in [0, 0.1) is 0 Å². The topological polar surface area (TPSA) is 85.7 Å². The highest BCUT2D eigenvalue weighted by Gasteiger charge is 2.20. The van der Waals surface area contributed by atoms with Crippen LogP contribution >= 0.6 is 0 Å². The highest BCUT2D eigenvalue weighted by Crippen LogP contribution is 2.24. The van der Waals surface area contributed by atoms with Gasteiger partial charge in [0.1, 0.15) is 0 Å². The largest absolute Gasteiger partial charge is 0.465 e. The number of ether oxygens (including phenoxy) is 1.